The molecule has 0 aliphatic heterocycles. The van der Waals surface area contributed by atoms with E-state index in [1.165, 1.54) is 12.8 Å². The zero-order valence-corrected chi connectivity index (χ0v) is 13.0. The Morgan fingerprint density at radius 1 is 1.45 bits per heavy atom. The minimum absolute atomic E-state index is 0.0965. The van der Waals surface area contributed by atoms with Gasteiger partial charge in [-0.1, -0.05) is 0 Å². The zero-order chi connectivity index (χ0) is 14.3. The molecular formula is C15H21ClN4. The van der Waals surface area contributed by atoms with E-state index in [9.17, 15) is 0 Å². The van der Waals surface area contributed by atoms with Crippen LogP contribution in [0.2, 0.25) is 0 Å². The lowest BCUT2D eigenvalue weighted by Gasteiger charge is -2.26. The standard InChI is InChI=1S/C15H21ClN4/c1-10(19(3)12-4-5-12)9-20-14-6-7-17-8-13(14)18-15(20)11(2)16/h6-8,10-12H,4-5,9H2,1-3H3. The SMILES string of the molecule is CC(Cl)c1nc2cnccc2n1CC(C)N(C)C1CC1. The molecule has 2 atom stereocenters. The van der Waals surface area contributed by atoms with Crippen LogP contribution in [0.5, 0.6) is 0 Å². The van der Waals surface area contributed by atoms with Crippen molar-refractivity contribution < 1.29 is 0 Å². The van der Waals surface area contributed by atoms with Crippen LogP contribution in [0.4, 0.5) is 0 Å². The van der Waals surface area contributed by atoms with Gasteiger partial charge in [-0.15, -0.1) is 11.6 Å². The Morgan fingerprint density at radius 3 is 2.85 bits per heavy atom. The average molecular weight is 293 g/mol. The van der Waals surface area contributed by atoms with Crippen molar-refractivity contribution >= 4 is 22.6 Å². The van der Waals surface area contributed by atoms with Crippen LogP contribution < -0.4 is 0 Å². The molecule has 1 fully saturated rings. The quantitative estimate of drug-likeness (QED) is 0.794. The number of nitrogens with zero attached hydrogens (tertiary/aromatic N) is 4. The van der Waals surface area contributed by atoms with Gasteiger partial charge in [-0.3, -0.25) is 9.88 Å². The van der Waals surface area contributed by atoms with Crippen LogP contribution in [0.25, 0.3) is 11.0 Å². The van der Waals surface area contributed by atoms with Crippen LogP contribution in [-0.4, -0.2) is 38.6 Å². The summed E-state index contributed by atoms with van der Waals surface area (Å²) in [6.45, 7) is 5.16. The van der Waals surface area contributed by atoms with Gasteiger partial charge in [0.25, 0.3) is 0 Å². The van der Waals surface area contributed by atoms with E-state index < -0.39 is 0 Å². The minimum atomic E-state index is -0.0965. The summed E-state index contributed by atoms with van der Waals surface area (Å²) >= 11 is 6.30. The Balaban J connectivity index is 1.93. The third-order valence-corrected chi connectivity index (χ3v) is 4.40. The highest BCUT2D eigenvalue weighted by Crippen LogP contribution is 2.29. The second-order valence-electron chi connectivity index (χ2n) is 5.81. The number of imidazole rings is 1. The van der Waals surface area contributed by atoms with Gasteiger partial charge in [0.2, 0.25) is 0 Å². The molecule has 0 saturated heterocycles. The first-order valence-corrected chi connectivity index (χ1v) is 7.67. The first-order valence-electron chi connectivity index (χ1n) is 7.24. The maximum absolute atomic E-state index is 6.30. The van der Waals surface area contributed by atoms with E-state index in [2.05, 4.69) is 33.4 Å². The first-order chi connectivity index (χ1) is 9.58. The maximum atomic E-state index is 6.30. The maximum Gasteiger partial charge on any atom is 0.127 e. The Kier molecular flexibility index (Phi) is 3.69. The fourth-order valence-corrected chi connectivity index (χ4v) is 2.90. The van der Waals surface area contributed by atoms with E-state index in [0.29, 0.717) is 6.04 Å². The monoisotopic (exact) mass is 292 g/mol. The fraction of sp³-hybridized carbons (Fsp3) is 0.600. The lowest BCUT2D eigenvalue weighted by atomic mass is 10.2. The Bertz CT molecular complexity index is 603. The van der Waals surface area contributed by atoms with Gasteiger partial charge >= 0.3 is 0 Å². The van der Waals surface area contributed by atoms with E-state index in [1.54, 1.807) is 0 Å². The van der Waals surface area contributed by atoms with Crippen LogP contribution in [0.3, 0.4) is 0 Å². The van der Waals surface area contributed by atoms with Gasteiger partial charge in [-0.2, -0.15) is 0 Å². The molecule has 0 radical (unpaired) electrons. The van der Waals surface area contributed by atoms with Crippen molar-refractivity contribution in [3.05, 3.63) is 24.3 Å². The van der Waals surface area contributed by atoms with Crippen molar-refractivity contribution in [1.82, 2.24) is 19.4 Å². The number of likely N-dealkylation sites (N-methyl/N-ethyl adjacent to an activating group) is 1. The highest BCUT2D eigenvalue weighted by atomic mass is 35.5. The third kappa shape index (κ3) is 2.54. The van der Waals surface area contributed by atoms with Gasteiger partial charge < -0.3 is 4.57 Å². The van der Waals surface area contributed by atoms with E-state index in [0.717, 1.165) is 29.4 Å². The van der Waals surface area contributed by atoms with E-state index in [4.69, 9.17) is 11.6 Å². The topological polar surface area (TPSA) is 34.0 Å². The number of halogens is 1. The van der Waals surface area contributed by atoms with Gasteiger partial charge in [-0.25, -0.2) is 4.98 Å². The third-order valence-electron chi connectivity index (χ3n) is 4.20. The Morgan fingerprint density at radius 2 is 2.20 bits per heavy atom. The largest absolute Gasteiger partial charge is 0.325 e. The average Bonchev–Trinajstić information content (AvgIpc) is 3.21. The van der Waals surface area contributed by atoms with E-state index in [1.807, 2.05) is 25.4 Å². The molecule has 0 aromatic carbocycles. The summed E-state index contributed by atoms with van der Waals surface area (Å²) in [7, 11) is 2.22. The van der Waals surface area contributed by atoms with Crippen LogP contribution in [0.15, 0.2) is 18.5 Å². The summed E-state index contributed by atoms with van der Waals surface area (Å²) < 4.78 is 2.25. The summed E-state index contributed by atoms with van der Waals surface area (Å²) in [5, 5.41) is -0.0965. The van der Waals surface area contributed by atoms with Gasteiger partial charge in [-0.05, 0) is 39.8 Å². The lowest BCUT2D eigenvalue weighted by Crippen LogP contribution is -2.34. The number of rotatable bonds is 5. The van der Waals surface area contributed by atoms with Crippen LogP contribution >= 0.6 is 11.6 Å². The van der Waals surface area contributed by atoms with Gasteiger partial charge in [0, 0.05) is 24.8 Å². The van der Waals surface area contributed by atoms with Gasteiger partial charge in [0.15, 0.2) is 0 Å². The molecule has 20 heavy (non-hydrogen) atoms. The number of fused-ring (bicyclic) bond motifs is 1. The van der Waals surface area contributed by atoms with Crippen molar-refractivity contribution in [2.75, 3.05) is 7.05 Å². The number of pyridine rings is 1. The Labute approximate surface area is 124 Å². The highest BCUT2D eigenvalue weighted by molar-refractivity contribution is 6.20. The van der Waals surface area contributed by atoms with Crippen LogP contribution in [0, 0.1) is 0 Å². The molecule has 0 amide bonds. The normalized spacial score (nSPS) is 18.6. The molecule has 0 bridgehead atoms. The molecule has 3 rings (SSSR count). The lowest BCUT2D eigenvalue weighted by molar-refractivity contribution is 0.226. The first kappa shape index (κ1) is 13.8. The van der Waals surface area contributed by atoms with Crippen molar-refractivity contribution in [1.29, 1.82) is 0 Å². The molecular weight excluding hydrogens is 272 g/mol. The van der Waals surface area contributed by atoms with Crippen molar-refractivity contribution in [2.45, 2.75) is 50.7 Å². The highest BCUT2D eigenvalue weighted by Gasteiger charge is 2.30. The van der Waals surface area contributed by atoms with Crippen LogP contribution in [-0.2, 0) is 6.54 Å². The fourth-order valence-electron chi connectivity index (χ4n) is 2.73. The molecule has 5 heteroatoms. The second kappa shape index (κ2) is 5.34. The van der Waals surface area contributed by atoms with Crippen molar-refractivity contribution in [3.63, 3.8) is 0 Å². The summed E-state index contributed by atoms with van der Waals surface area (Å²) in [4.78, 5) is 11.3. The molecule has 108 valence electrons. The summed E-state index contributed by atoms with van der Waals surface area (Å²) in [5.41, 5.74) is 2.05. The summed E-state index contributed by atoms with van der Waals surface area (Å²) in [5.74, 6) is 0.936. The van der Waals surface area contributed by atoms with Crippen LogP contribution in [0.1, 0.15) is 37.9 Å². The molecule has 0 N–H and O–H groups in total. The molecule has 1 aliphatic rings. The number of alkyl halides is 1. The van der Waals surface area contributed by atoms with Crippen molar-refractivity contribution in [2.24, 2.45) is 0 Å². The number of aromatic nitrogens is 3. The number of hydrogen-bond donors (Lipinski definition) is 0. The van der Waals surface area contributed by atoms with Gasteiger partial charge in [0.05, 0.1) is 17.1 Å². The molecule has 2 aromatic heterocycles. The molecule has 2 heterocycles. The summed E-state index contributed by atoms with van der Waals surface area (Å²) in [6, 6.07) is 3.26. The van der Waals surface area contributed by atoms with E-state index >= 15 is 0 Å². The number of hydrogen-bond acceptors (Lipinski definition) is 3. The smallest absolute Gasteiger partial charge is 0.127 e. The second-order valence-corrected chi connectivity index (χ2v) is 6.46. The Hall–Kier alpha value is -1.13. The molecule has 2 unspecified atom stereocenters. The van der Waals surface area contributed by atoms with Gasteiger partial charge in [0.1, 0.15) is 11.3 Å². The summed E-state index contributed by atoms with van der Waals surface area (Å²) in [6.07, 6.45) is 6.28. The molecule has 1 saturated carbocycles. The predicted molar refractivity (Wildman–Crippen MR) is 82.0 cm³/mol. The molecule has 2 aromatic rings. The zero-order valence-electron chi connectivity index (χ0n) is 12.3. The molecule has 4 nitrogen and oxygen atoms in total. The van der Waals surface area contributed by atoms with E-state index in [-0.39, 0.29) is 5.38 Å². The van der Waals surface area contributed by atoms with Crippen molar-refractivity contribution in [3.8, 4) is 0 Å². The minimum Gasteiger partial charge on any atom is -0.325 e. The molecule has 0 spiro atoms. The predicted octanol–water partition coefficient (Wildman–Crippen LogP) is 3.21. The molecule has 1 aliphatic carbocycles.